The van der Waals surface area contributed by atoms with E-state index in [0.717, 1.165) is 13.0 Å². The molecule has 0 saturated heterocycles. The number of nitrogens with zero attached hydrogens (tertiary/aromatic N) is 1. The number of hydrogen-bond donors (Lipinski definition) is 0. The van der Waals surface area contributed by atoms with E-state index in [1.54, 1.807) is 0 Å². The van der Waals surface area contributed by atoms with Gasteiger partial charge in [0.1, 0.15) is 0 Å². The topological polar surface area (TPSA) is 12.4 Å². The Morgan fingerprint density at radius 2 is 2.00 bits per heavy atom. The highest BCUT2D eigenvalue weighted by Gasteiger charge is 2.18. The Bertz CT molecular complexity index is 534. The third kappa shape index (κ3) is 3.69. The molecular weight excluding hydrogens is 242 g/mol. The number of aliphatic imine (C=N–C) groups is 1. The van der Waals surface area contributed by atoms with Crippen LogP contribution in [-0.2, 0) is 6.42 Å². The normalized spacial score (nSPS) is 18.4. The van der Waals surface area contributed by atoms with Crippen molar-refractivity contribution < 1.29 is 0 Å². The lowest BCUT2D eigenvalue weighted by molar-refractivity contribution is 0.809. The monoisotopic (exact) mass is 267 g/mol. The summed E-state index contributed by atoms with van der Waals surface area (Å²) in [4.78, 5) is 4.50. The van der Waals surface area contributed by atoms with Gasteiger partial charge in [-0.1, -0.05) is 60.9 Å². The van der Waals surface area contributed by atoms with Crippen molar-refractivity contribution in [2.45, 2.75) is 46.0 Å². The van der Waals surface area contributed by atoms with Crippen molar-refractivity contribution in [1.29, 1.82) is 0 Å². The van der Waals surface area contributed by atoms with Gasteiger partial charge in [-0.25, -0.2) is 0 Å². The van der Waals surface area contributed by atoms with Crippen molar-refractivity contribution in [1.82, 2.24) is 0 Å². The zero-order valence-corrected chi connectivity index (χ0v) is 12.9. The van der Waals surface area contributed by atoms with Crippen molar-refractivity contribution in [2.24, 2.45) is 4.99 Å². The van der Waals surface area contributed by atoms with Crippen molar-refractivity contribution in [2.75, 3.05) is 6.54 Å². The molecule has 1 unspecified atom stereocenters. The van der Waals surface area contributed by atoms with Crippen LogP contribution in [0.1, 0.15) is 50.7 Å². The number of unbranched alkanes of at least 4 members (excludes halogenated alkanes) is 1. The summed E-state index contributed by atoms with van der Waals surface area (Å²) in [5.41, 5.74) is 5.65. The number of benzene rings is 1. The van der Waals surface area contributed by atoms with Crippen LogP contribution in [0.4, 0.5) is 0 Å². The predicted molar refractivity (Wildman–Crippen MR) is 88.7 cm³/mol. The fraction of sp³-hybridized carbons (Fsp3) is 0.421. The number of hydrogen-bond acceptors (Lipinski definition) is 1. The Labute approximate surface area is 123 Å². The van der Waals surface area contributed by atoms with Crippen molar-refractivity contribution >= 4 is 6.21 Å². The second-order valence-electron chi connectivity index (χ2n) is 5.62. The van der Waals surface area contributed by atoms with Gasteiger partial charge in [-0.15, -0.1) is 0 Å². The van der Waals surface area contributed by atoms with Gasteiger partial charge in [0, 0.05) is 25.1 Å². The van der Waals surface area contributed by atoms with Crippen LogP contribution in [0.3, 0.4) is 0 Å². The molecule has 0 fully saturated rings. The van der Waals surface area contributed by atoms with E-state index >= 15 is 0 Å². The maximum absolute atomic E-state index is 4.50. The van der Waals surface area contributed by atoms with Crippen molar-refractivity contribution in [3.8, 4) is 0 Å². The summed E-state index contributed by atoms with van der Waals surface area (Å²) >= 11 is 0. The minimum atomic E-state index is 0.454. The summed E-state index contributed by atoms with van der Waals surface area (Å²) in [6, 6.07) is 8.76. The second kappa shape index (κ2) is 7.23. The van der Waals surface area contributed by atoms with Crippen molar-refractivity contribution in [3.63, 3.8) is 0 Å². The quantitative estimate of drug-likeness (QED) is 0.503. The van der Waals surface area contributed by atoms with E-state index in [1.165, 1.54) is 35.1 Å². The molecular formula is C19H25N. The van der Waals surface area contributed by atoms with Gasteiger partial charge in [0.15, 0.2) is 0 Å². The van der Waals surface area contributed by atoms with Crippen LogP contribution in [0.2, 0.25) is 0 Å². The van der Waals surface area contributed by atoms with Gasteiger partial charge in [0.05, 0.1) is 0 Å². The molecule has 20 heavy (non-hydrogen) atoms. The molecule has 0 radical (unpaired) electrons. The lowest BCUT2D eigenvalue weighted by Crippen LogP contribution is -2.01. The molecule has 2 rings (SSSR count). The standard InChI is InChI=1S/C19H25N/c1-4-5-11-20-12-10-17-8-6-7-9-18(17)19-14-15(2)13-16(19)3/h6-9,12-14,19H,4-5,10-11H2,1-3H3. The van der Waals surface area contributed by atoms with Gasteiger partial charge in [-0.2, -0.15) is 0 Å². The van der Waals surface area contributed by atoms with Crippen LogP contribution in [0.25, 0.3) is 0 Å². The van der Waals surface area contributed by atoms with E-state index in [1.807, 2.05) is 0 Å². The molecule has 0 aromatic heterocycles. The van der Waals surface area contributed by atoms with Gasteiger partial charge in [-0.05, 0) is 31.4 Å². The molecule has 0 spiro atoms. The summed E-state index contributed by atoms with van der Waals surface area (Å²) in [7, 11) is 0. The first-order chi connectivity index (χ1) is 9.72. The van der Waals surface area contributed by atoms with Gasteiger partial charge in [0.2, 0.25) is 0 Å². The van der Waals surface area contributed by atoms with Crippen LogP contribution < -0.4 is 0 Å². The first-order valence-corrected chi connectivity index (χ1v) is 7.65. The van der Waals surface area contributed by atoms with Crippen molar-refractivity contribution in [3.05, 3.63) is 58.7 Å². The first-order valence-electron chi connectivity index (χ1n) is 7.65. The predicted octanol–water partition coefficient (Wildman–Crippen LogP) is 5.09. The zero-order valence-electron chi connectivity index (χ0n) is 12.9. The highest BCUT2D eigenvalue weighted by atomic mass is 14.7. The minimum Gasteiger partial charge on any atom is -0.297 e. The number of rotatable bonds is 6. The molecule has 1 aliphatic rings. The maximum atomic E-state index is 4.50. The Kier molecular flexibility index (Phi) is 5.34. The molecule has 1 aliphatic carbocycles. The lowest BCUT2D eigenvalue weighted by Gasteiger charge is -2.15. The second-order valence-corrected chi connectivity index (χ2v) is 5.62. The van der Waals surface area contributed by atoms with Crippen LogP contribution >= 0.6 is 0 Å². The average Bonchev–Trinajstić information content (AvgIpc) is 2.78. The smallest absolute Gasteiger partial charge is 0.0385 e. The fourth-order valence-electron chi connectivity index (χ4n) is 2.75. The Hall–Kier alpha value is -1.63. The SMILES string of the molecule is CCCCN=CCc1ccccc1C1C=C(C)C=C1C. The van der Waals surface area contributed by atoms with E-state index < -0.39 is 0 Å². The first kappa shape index (κ1) is 14.8. The summed E-state index contributed by atoms with van der Waals surface area (Å²) in [5.74, 6) is 0.454. The third-order valence-corrected chi connectivity index (χ3v) is 3.85. The Morgan fingerprint density at radius 1 is 1.20 bits per heavy atom. The molecule has 0 amide bonds. The summed E-state index contributed by atoms with van der Waals surface area (Å²) in [6.07, 6.45) is 10.1. The molecule has 0 saturated carbocycles. The largest absolute Gasteiger partial charge is 0.297 e. The molecule has 0 bridgehead atoms. The summed E-state index contributed by atoms with van der Waals surface area (Å²) in [6.45, 7) is 7.57. The Morgan fingerprint density at radius 3 is 2.70 bits per heavy atom. The van der Waals surface area contributed by atoms with Gasteiger partial charge < -0.3 is 0 Å². The van der Waals surface area contributed by atoms with E-state index in [2.05, 4.69) is 68.4 Å². The van der Waals surface area contributed by atoms with E-state index in [0.29, 0.717) is 5.92 Å². The van der Waals surface area contributed by atoms with Gasteiger partial charge >= 0.3 is 0 Å². The van der Waals surface area contributed by atoms with E-state index in [-0.39, 0.29) is 0 Å². The van der Waals surface area contributed by atoms with Crippen LogP contribution in [0.15, 0.2) is 52.6 Å². The lowest BCUT2D eigenvalue weighted by atomic mass is 9.90. The van der Waals surface area contributed by atoms with E-state index in [9.17, 15) is 0 Å². The highest BCUT2D eigenvalue weighted by molar-refractivity contribution is 5.63. The molecule has 0 N–H and O–H groups in total. The van der Waals surface area contributed by atoms with Crippen LogP contribution in [-0.4, -0.2) is 12.8 Å². The average molecular weight is 267 g/mol. The highest BCUT2D eigenvalue weighted by Crippen LogP contribution is 2.34. The molecule has 1 aromatic carbocycles. The molecule has 0 aliphatic heterocycles. The molecule has 1 nitrogen and oxygen atoms in total. The van der Waals surface area contributed by atoms with E-state index in [4.69, 9.17) is 0 Å². The minimum absolute atomic E-state index is 0.454. The Balaban J connectivity index is 2.11. The van der Waals surface area contributed by atoms with Crippen LogP contribution in [0.5, 0.6) is 0 Å². The van der Waals surface area contributed by atoms with Gasteiger partial charge in [0.25, 0.3) is 0 Å². The molecule has 0 heterocycles. The fourth-order valence-corrected chi connectivity index (χ4v) is 2.75. The summed E-state index contributed by atoms with van der Waals surface area (Å²) < 4.78 is 0. The molecule has 1 atom stereocenters. The maximum Gasteiger partial charge on any atom is 0.0385 e. The molecule has 1 aromatic rings. The zero-order chi connectivity index (χ0) is 14.4. The molecule has 106 valence electrons. The third-order valence-electron chi connectivity index (χ3n) is 3.85. The summed E-state index contributed by atoms with van der Waals surface area (Å²) in [5, 5.41) is 0. The number of allylic oxidation sites excluding steroid dienone is 4. The van der Waals surface area contributed by atoms with Crippen LogP contribution in [0, 0.1) is 0 Å². The molecule has 1 heteroatoms. The van der Waals surface area contributed by atoms with Gasteiger partial charge in [-0.3, -0.25) is 4.99 Å².